The minimum Gasteiger partial charge on any atom is -0.493 e. The van der Waals surface area contributed by atoms with Crippen molar-refractivity contribution in [3.05, 3.63) is 17.7 Å². The molecule has 0 spiro atoms. The van der Waals surface area contributed by atoms with E-state index in [0.717, 1.165) is 22.8 Å². The molecule has 0 radical (unpaired) electrons. The molecule has 84 valence electrons. The zero-order valence-electron chi connectivity index (χ0n) is 9.79. The van der Waals surface area contributed by atoms with Crippen molar-refractivity contribution < 1.29 is 14.2 Å². The highest BCUT2D eigenvalue weighted by molar-refractivity contribution is 5.54. The summed E-state index contributed by atoms with van der Waals surface area (Å²) in [4.78, 5) is 0. The monoisotopic (exact) mass is 210 g/mol. The Hall–Kier alpha value is -1.38. The van der Waals surface area contributed by atoms with Crippen molar-refractivity contribution in [1.29, 1.82) is 0 Å². The van der Waals surface area contributed by atoms with Gasteiger partial charge in [-0.25, -0.2) is 0 Å². The van der Waals surface area contributed by atoms with Crippen LogP contribution in [0.15, 0.2) is 12.1 Å². The molecule has 0 bridgehead atoms. The molecule has 0 atom stereocenters. The maximum absolute atomic E-state index is 5.45. The Balaban J connectivity index is 0.000000531. The molecule has 1 aliphatic rings. The van der Waals surface area contributed by atoms with Crippen molar-refractivity contribution in [2.45, 2.75) is 20.8 Å². The quantitative estimate of drug-likeness (QED) is 0.713. The number of hydrogen-bond acceptors (Lipinski definition) is 3. The van der Waals surface area contributed by atoms with E-state index >= 15 is 0 Å². The van der Waals surface area contributed by atoms with Gasteiger partial charge in [0.2, 0.25) is 5.75 Å². The zero-order valence-corrected chi connectivity index (χ0v) is 9.79. The van der Waals surface area contributed by atoms with E-state index in [4.69, 9.17) is 14.2 Å². The molecule has 1 aliphatic heterocycles. The summed E-state index contributed by atoms with van der Waals surface area (Å²) < 4.78 is 16.1. The lowest BCUT2D eigenvalue weighted by Gasteiger charge is -2.20. The van der Waals surface area contributed by atoms with Crippen molar-refractivity contribution in [2.24, 2.45) is 0 Å². The summed E-state index contributed by atoms with van der Waals surface area (Å²) in [5.74, 6) is 2.25. The Morgan fingerprint density at radius 2 is 1.80 bits per heavy atom. The molecule has 1 aromatic carbocycles. The summed E-state index contributed by atoms with van der Waals surface area (Å²) in [6.45, 7) is 7.20. The third-order valence-electron chi connectivity index (χ3n) is 1.97. The van der Waals surface area contributed by atoms with Crippen LogP contribution in [-0.4, -0.2) is 20.3 Å². The third-order valence-corrected chi connectivity index (χ3v) is 1.97. The van der Waals surface area contributed by atoms with Crippen LogP contribution in [0.3, 0.4) is 0 Å². The predicted octanol–water partition coefficient (Wildman–Crippen LogP) is 2.80. The van der Waals surface area contributed by atoms with Crippen LogP contribution in [0.25, 0.3) is 0 Å². The van der Waals surface area contributed by atoms with Gasteiger partial charge < -0.3 is 14.2 Å². The number of fused-ring (bicyclic) bond motifs is 1. The van der Waals surface area contributed by atoms with Gasteiger partial charge in [0.1, 0.15) is 13.2 Å². The van der Waals surface area contributed by atoms with Crippen LogP contribution in [-0.2, 0) is 0 Å². The van der Waals surface area contributed by atoms with Crippen LogP contribution in [0.1, 0.15) is 19.4 Å². The largest absolute Gasteiger partial charge is 0.493 e. The molecule has 3 heteroatoms. The van der Waals surface area contributed by atoms with Crippen molar-refractivity contribution in [1.82, 2.24) is 0 Å². The van der Waals surface area contributed by atoms with Crippen molar-refractivity contribution in [3.63, 3.8) is 0 Å². The SMILES string of the molecule is CC.COc1cc(C)cc2c1OCCO2. The van der Waals surface area contributed by atoms with Gasteiger partial charge in [-0.05, 0) is 24.6 Å². The summed E-state index contributed by atoms with van der Waals surface area (Å²) in [7, 11) is 1.63. The number of hydrogen-bond donors (Lipinski definition) is 0. The lowest BCUT2D eigenvalue weighted by atomic mass is 10.2. The number of benzene rings is 1. The molecule has 3 nitrogen and oxygen atoms in total. The molecule has 0 saturated carbocycles. The van der Waals surface area contributed by atoms with E-state index in [0.29, 0.717) is 13.2 Å². The molecular weight excluding hydrogens is 192 g/mol. The first-order chi connectivity index (χ1) is 7.31. The third kappa shape index (κ3) is 2.55. The zero-order chi connectivity index (χ0) is 11.3. The van der Waals surface area contributed by atoms with Gasteiger partial charge in [-0.1, -0.05) is 13.8 Å². The van der Waals surface area contributed by atoms with E-state index in [2.05, 4.69) is 0 Å². The van der Waals surface area contributed by atoms with E-state index in [1.54, 1.807) is 7.11 Å². The molecule has 1 heterocycles. The van der Waals surface area contributed by atoms with Crippen molar-refractivity contribution >= 4 is 0 Å². The predicted molar refractivity (Wildman–Crippen MR) is 60.1 cm³/mol. The molecule has 0 N–H and O–H groups in total. The van der Waals surface area contributed by atoms with Crippen LogP contribution in [0, 0.1) is 6.92 Å². The summed E-state index contributed by atoms with van der Waals surface area (Å²) in [5, 5.41) is 0. The van der Waals surface area contributed by atoms with Gasteiger partial charge >= 0.3 is 0 Å². The minimum atomic E-state index is 0.590. The number of methoxy groups -OCH3 is 1. The Morgan fingerprint density at radius 1 is 1.13 bits per heavy atom. The van der Waals surface area contributed by atoms with Crippen LogP contribution in [0.4, 0.5) is 0 Å². The van der Waals surface area contributed by atoms with Gasteiger partial charge in [-0.3, -0.25) is 0 Å². The van der Waals surface area contributed by atoms with Crippen LogP contribution >= 0.6 is 0 Å². The van der Waals surface area contributed by atoms with Gasteiger partial charge in [0, 0.05) is 0 Å². The number of aryl methyl sites for hydroxylation is 1. The smallest absolute Gasteiger partial charge is 0.203 e. The average Bonchev–Trinajstić information content (AvgIpc) is 2.30. The molecule has 2 rings (SSSR count). The Bertz CT molecular complexity index is 304. The average molecular weight is 210 g/mol. The molecule has 0 aliphatic carbocycles. The first kappa shape index (κ1) is 11.7. The maximum atomic E-state index is 5.45. The fraction of sp³-hybridized carbons (Fsp3) is 0.500. The molecule has 15 heavy (non-hydrogen) atoms. The Kier molecular flexibility index (Phi) is 4.28. The van der Waals surface area contributed by atoms with Crippen LogP contribution < -0.4 is 14.2 Å². The standard InChI is InChI=1S/C10H12O3.C2H6/c1-7-5-8(11-2)10-9(6-7)12-3-4-13-10;1-2/h5-6H,3-4H2,1-2H3;1-2H3. The molecule has 0 aromatic heterocycles. The maximum Gasteiger partial charge on any atom is 0.203 e. The Morgan fingerprint density at radius 3 is 2.47 bits per heavy atom. The van der Waals surface area contributed by atoms with E-state index in [9.17, 15) is 0 Å². The summed E-state index contributed by atoms with van der Waals surface area (Å²) >= 11 is 0. The Labute approximate surface area is 91.0 Å². The van der Waals surface area contributed by atoms with Gasteiger partial charge in [0.05, 0.1) is 7.11 Å². The fourth-order valence-corrected chi connectivity index (χ4v) is 1.40. The lowest BCUT2D eigenvalue weighted by Crippen LogP contribution is -2.16. The summed E-state index contributed by atoms with van der Waals surface area (Å²) in [5.41, 5.74) is 1.11. The van der Waals surface area contributed by atoms with E-state index < -0.39 is 0 Å². The highest BCUT2D eigenvalue weighted by Crippen LogP contribution is 2.39. The van der Waals surface area contributed by atoms with Gasteiger partial charge in [0.25, 0.3) is 0 Å². The number of ether oxygens (including phenoxy) is 3. The van der Waals surface area contributed by atoms with Crippen molar-refractivity contribution in [3.8, 4) is 17.2 Å². The summed E-state index contributed by atoms with van der Waals surface area (Å²) in [6.07, 6.45) is 0. The number of rotatable bonds is 1. The second kappa shape index (κ2) is 5.49. The van der Waals surface area contributed by atoms with E-state index in [1.807, 2.05) is 32.9 Å². The van der Waals surface area contributed by atoms with Crippen molar-refractivity contribution in [2.75, 3.05) is 20.3 Å². The first-order valence-corrected chi connectivity index (χ1v) is 5.25. The molecule has 0 amide bonds. The molecular formula is C12H18O3. The molecule has 1 aromatic rings. The lowest BCUT2D eigenvalue weighted by molar-refractivity contribution is 0.165. The van der Waals surface area contributed by atoms with E-state index in [-0.39, 0.29) is 0 Å². The minimum absolute atomic E-state index is 0.590. The highest BCUT2D eigenvalue weighted by atomic mass is 16.6. The van der Waals surface area contributed by atoms with Gasteiger partial charge in [-0.15, -0.1) is 0 Å². The van der Waals surface area contributed by atoms with E-state index in [1.165, 1.54) is 0 Å². The van der Waals surface area contributed by atoms with Gasteiger partial charge in [0.15, 0.2) is 11.5 Å². The second-order valence-corrected chi connectivity index (χ2v) is 2.99. The molecule has 0 unspecified atom stereocenters. The molecule has 0 fully saturated rings. The molecule has 0 saturated heterocycles. The fourth-order valence-electron chi connectivity index (χ4n) is 1.40. The summed E-state index contributed by atoms with van der Waals surface area (Å²) in [6, 6.07) is 3.89. The first-order valence-electron chi connectivity index (χ1n) is 5.25. The topological polar surface area (TPSA) is 27.7 Å². The van der Waals surface area contributed by atoms with Crippen LogP contribution in [0.5, 0.6) is 17.2 Å². The normalized spacial score (nSPS) is 12.5. The highest BCUT2D eigenvalue weighted by Gasteiger charge is 2.16. The van der Waals surface area contributed by atoms with Gasteiger partial charge in [-0.2, -0.15) is 0 Å². The van der Waals surface area contributed by atoms with Crippen LogP contribution in [0.2, 0.25) is 0 Å². The second-order valence-electron chi connectivity index (χ2n) is 2.99.